The molecule has 212 valence electrons. The highest BCUT2D eigenvalue weighted by Gasteiger charge is 2.46. The van der Waals surface area contributed by atoms with Crippen molar-refractivity contribution >= 4 is 45.0 Å². The van der Waals surface area contributed by atoms with Gasteiger partial charge in [0.1, 0.15) is 6.04 Å². The lowest BCUT2D eigenvalue weighted by Gasteiger charge is -2.33. The molecule has 2 aliphatic heterocycles. The van der Waals surface area contributed by atoms with Gasteiger partial charge in [0, 0.05) is 25.2 Å². The molecule has 0 bridgehead atoms. The Balaban J connectivity index is 1.57. The van der Waals surface area contributed by atoms with Crippen LogP contribution in [0.15, 0.2) is 53.4 Å². The molecule has 2 amide bonds. The zero-order chi connectivity index (χ0) is 28.3. The standard InChI is InChI=1S/C28H36Cl2N4O4S/c1-18(2)14-25(27(35)32-39(37,38)22-10-11-23(29)24(30)16-22)33-13-12-21(9-8-19-6-4-3-5-7-19)34-17-20(31)15-26(34)28(33)36/h3-7,10-11,16,18,20-21,25-26H,8-9,12-15,17,31H2,1-2H3,(H,32,35)/t20-,21?,25-,26+/m1/s1. The number of nitrogens with two attached hydrogens (primary N) is 1. The highest BCUT2D eigenvalue weighted by atomic mass is 35.5. The highest BCUT2D eigenvalue weighted by Crippen LogP contribution is 2.31. The van der Waals surface area contributed by atoms with Crippen LogP contribution in [-0.4, -0.2) is 67.3 Å². The molecule has 0 saturated carbocycles. The van der Waals surface area contributed by atoms with E-state index in [0.717, 1.165) is 12.8 Å². The van der Waals surface area contributed by atoms with E-state index in [-0.39, 0.29) is 38.8 Å². The van der Waals surface area contributed by atoms with Crippen molar-refractivity contribution < 1.29 is 18.0 Å². The molecule has 2 aliphatic rings. The number of aryl methyl sites for hydroxylation is 1. The molecule has 2 aromatic carbocycles. The van der Waals surface area contributed by atoms with Gasteiger partial charge in [0.25, 0.3) is 15.9 Å². The first-order valence-corrected chi connectivity index (χ1v) is 15.6. The second kappa shape index (κ2) is 12.6. The van der Waals surface area contributed by atoms with Crippen LogP contribution < -0.4 is 10.5 Å². The zero-order valence-corrected chi connectivity index (χ0v) is 24.6. The summed E-state index contributed by atoms with van der Waals surface area (Å²) in [6, 6.07) is 12.7. The van der Waals surface area contributed by atoms with Gasteiger partial charge in [-0.2, -0.15) is 0 Å². The molecule has 8 nitrogen and oxygen atoms in total. The van der Waals surface area contributed by atoms with Gasteiger partial charge in [0.05, 0.1) is 21.0 Å². The lowest BCUT2D eigenvalue weighted by atomic mass is 10.00. The largest absolute Gasteiger partial charge is 0.329 e. The van der Waals surface area contributed by atoms with Gasteiger partial charge in [0.2, 0.25) is 5.91 Å². The van der Waals surface area contributed by atoms with Crippen LogP contribution >= 0.6 is 23.2 Å². The number of nitrogens with one attached hydrogen (secondary N) is 1. The molecule has 0 radical (unpaired) electrons. The summed E-state index contributed by atoms with van der Waals surface area (Å²) in [6.45, 7) is 4.86. The van der Waals surface area contributed by atoms with Gasteiger partial charge < -0.3 is 10.6 Å². The Morgan fingerprint density at radius 3 is 2.51 bits per heavy atom. The minimum absolute atomic E-state index is 0.0419. The molecule has 2 aromatic rings. The van der Waals surface area contributed by atoms with Crippen LogP contribution in [0.2, 0.25) is 10.0 Å². The van der Waals surface area contributed by atoms with Crippen molar-refractivity contribution in [3.63, 3.8) is 0 Å². The fourth-order valence-electron chi connectivity index (χ4n) is 5.62. The quantitative estimate of drug-likeness (QED) is 0.456. The average molecular weight is 596 g/mol. The van der Waals surface area contributed by atoms with Crippen LogP contribution in [0.3, 0.4) is 0 Å². The predicted octanol–water partition coefficient (Wildman–Crippen LogP) is 3.85. The summed E-state index contributed by atoms with van der Waals surface area (Å²) in [4.78, 5) is 31.1. The van der Waals surface area contributed by atoms with Crippen molar-refractivity contribution in [1.29, 1.82) is 0 Å². The van der Waals surface area contributed by atoms with Gasteiger partial charge in [0.15, 0.2) is 0 Å². The van der Waals surface area contributed by atoms with Crippen molar-refractivity contribution in [3.8, 4) is 0 Å². The number of benzene rings is 2. The number of carbonyl (C=O) groups is 2. The Bertz CT molecular complexity index is 1290. The van der Waals surface area contributed by atoms with Crippen LogP contribution in [0.1, 0.15) is 45.1 Å². The Labute approximate surface area is 240 Å². The Morgan fingerprint density at radius 2 is 1.85 bits per heavy atom. The molecule has 4 atom stereocenters. The van der Waals surface area contributed by atoms with Crippen LogP contribution in [0.25, 0.3) is 0 Å². The molecule has 1 unspecified atom stereocenters. The molecule has 0 spiro atoms. The fraction of sp³-hybridized carbons (Fsp3) is 0.500. The normalized spacial score (nSPS) is 23.0. The summed E-state index contributed by atoms with van der Waals surface area (Å²) in [7, 11) is -4.23. The Kier molecular flexibility index (Phi) is 9.60. The highest BCUT2D eigenvalue weighted by molar-refractivity contribution is 7.90. The minimum atomic E-state index is -4.23. The summed E-state index contributed by atoms with van der Waals surface area (Å²) in [6.07, 6.45) is 3.23. The molecule has 0 aliphatic carbocycles. The smallest absolute Gasteiger partial charge is 0.264 e. The van der Waals surface area contributed by atoms with Crippen molar-refractivity contribution in [1.82, 2.24) is 14.5 Å². The maximum Gasteiger partial charge on any atom is 0.264 e. The number of fused-ring (bicyclic) bond motifs is 1. The van der Waals surface area contributed by atoms with Crippen LogP contribution in [-0.2, 0) is 26.0 Å². The number of hydrogen-bond acceptors (Lipinski definition) is 6. The summed E-state index contributed by atoms with van der Waals surface area (Å²) < 4.78 is 28.3. The van der Waals surface area contributed by atoms with Crippen LogP contribution in [0.4, 0.5) is 0 Å². The van der Waals surface area contributed by atoms with Gasteiger partial charge in [-0.15, -0.1) is 0 Å². The van der Waals surface area contributed by atoms with E-state index in [2.05, 4.69) is 21.8 Å². The summed E-state index contributed by atoms with van der Waals surface area (Å²) in [5.41, 5.74) is 7.55. The third-order valence-corrected chi connectivity index (χ3v) is 9.61. The Morgan fingerprint density at radius 1 is 1.13 bits per heavy atom. The molecule has 3 N–H and O–H groups in total. The number of nitrogens with zero attached hydrogens (tertiary/aromatic N) is 2. The molecular formula is C28H36Cl2N4O4S. The maximum absolute atomic E-state index is 13.9. The third-order valence-electron chi connectivity index (χ3n) is 7.53. The van der Waals surface area contributed by atoms with E-state index < -0.39 is 28.0 Å². The van der Waals surface area contributed by atoms with Crippen molar-refractivity contribution in [2.24, 2.45) is 11.7 Å². The number of rotatable bonds is 9. The van der Waals surface area contributed by atoms with Gasteiger partial charge >= 0.3 is 0 Å². The van der Waals surface area contributed by atoms with Crippen molar-refractivity contribution in [2.75, 3.05) is 13.1 Å². The van der Waals surface area contributed by atoms with Crippen LogP contribution in [0, 0.1) is 5.92 Å². The number of sulfonamides is 1. The fourth-order valence-corrected chi connectivity index (χ4v) is 7.02. The van der Waals surface area contributed by atoms with E-state index in [4.69, 9.17) is 28.9 Å². The first-order valence-electron chi connectivity index (χ1n) is 13.3. The lowest BCUT2D eigenvalue weighted by Crippen LogP contribution is -2.54. The van der Waals surface area contributed by atoms with Gasteiger partial charge in [-0.3, -0.25) is 14.5 Å². The van der Waals surface area contributed by atoms with E-state index >= 15 is 0 Å². The number of amides is 2. The van der Waals surface area contributed by atoms with Crippen molar-refractivity contribution in [2.45, 2.75) is 75.0 Å². The molecule has 2 saturated heterocycles. The Hall–Kier alpha value is -2.17. The SMILES string of the molecule is CC(C)C[C@H](C(=O)NS(=O)(=O)c1ccc(Cl)c(Cl)c1)N1CCC(CCc2ccccc2)N2C[C@H](N)C[C@H]2C1=O. The first kappa shape index (κ1) is 29.8. The minimum Gasteiger partial charge on any atom is -0.329 e. The number of carbonyl (C=O) groups excluding carboxylic acids is 2. The average Bonchev–Trinajstić information content (AvgIpc) is 3.22. The lowest BCUT2D eigenvalue weighted by molar-refractivity contribution is -0.142. The van der Waals surface area contributed by atoms with Crippen LogP contribution in [0.5, 0.6) is 0 Å². The molecule has 11 heteroatoms. The molecular weight excluding hydrogens is 559 g/mol. The number of hydrogen-bond donors (Lipinski definition) is 2. The monoisotopic (exact) mass is 594 g/mol. The van der Waals surface area contributed by atoms with E-state index in [0.29, 0.717) is 32.4 Å². The second-order valence-electron chi connectivity index (χ2n) is 10.9. The van der Waals surface area contributed by atoms with Gasteiger partial charge in [-0.05, 0) is 61.8 Å². The topological polar surface area (TPSA) is 113 Å². The zero-order valence-electron chi connectivity index (χ0n) is 22.2. The van der Waals surface area contributed by atoms with E-state index in [1.807, 2.05) is 32.0 Å². The maximum atomic E-state index is 13.9. The number of halogens is 2. The molecule has 39 heavy (non-hydrogen) atoms. The predicted molar refractivity (Wildman–Crippen MR) is 153 cm³/mol. The van der Waals surface area contributed by atoms with Gasteiger partial charge in [-0.1, -0.05) is 67.4 Å². The second-order valence-corrected chi connectivity index (χ2v) is 13.4. The van der Waals surface area contributed by atoms with E-state index in [1.54, 1.807) is 4.90 Å². The first-order chi connectivity index (χ1) is 18.5. The molecule has 2 heterocycles. The molecule has 4 rings (SSSR count). The summed E-state index contributed by atoms with van der Waals surface area (Å²) in [5, 5.41) is 0.267. The van der Waals surface area contributed by atoms with E-state index in [9.17, 15) is 18.0 Å². The summed E-state index contributed by atoms with van der Waals surface area (Å²) in [5.74, 6) is -0.863. The van der Waals surface area contributed by atoms with E-state index in [1.165, 1.54) is 23.8 Å². The molecule has 0 aromatic heterocycles. The summed E-state index contributed by atoms with van der Waals surface area (Å²) >= 11 is 11.9. The molecule has 2 fully saturated rings. The van der Waals surface area contributed by atoms with Crippen molar-refractivity contribution in [3.05, 3.63) is 64.1 Å². The van der Waals surface area contributed by atoms with Gasteiger partial charge in [-0.25, -0.2) is 13.1 Å². The third kappa shape index (κ3) is 7.13.